The second kappa shape index (κ2) is 5.10. The van der Waals surface area contributed by atoms with Crippen molar-refractivity contribution in [1.82, 2.24) is 0 Å². The van der Waals surface area contributed by atoms with Crippen molar-refractivity contribution in [3.05, 3.63) is 56.2 Å². The Bertz CT molecular complexity index is 483. The van der Waals surface area contributed by atoms with E-state index in [-0.39, 0.29) is 0 Å². The molecule has 0 saturated carbocycles. The summed E-state index contributed by atoms with van der Waals surface area (Å²) in [7, 11) is 0. The maximum Gasteiger partial charge on any atom is 0.113 e. The van der Waals surface area contributed by atoms with Gasteiger partial charge in [-0.1, -0.05) is 24.3 Å². The SMILES string of the molecule is NCc1cccc(C(O)c2ccc(Br)s2)c1. The highest BCUT2D eigenvalue weighted by Crippen LogP contribution is 2.31. The van der Waals surface area contributed by atoms with Crippen molar-refractivity contribution in [2.24, 2.45) is 5.73 Å². The third kappa shape index (κ3) is 2.52. The smallest absolute Gasteiger partial charge is 0.113 e. The average Bonchev–Trinajstić information content (AvgIpc) is 2.75. The minimum Gasteiger partial charge on any atom is -0.383 e. The van der Waals surface area contributed by atoms with Crippen LogP contribution in [0.25, 0.3) is 0 Å². The fourth-order valence-electron chi connectivity index (χ4n) is 1.53. The number of benzene rings is 1. The van der Waals surface area contributed by atoms with Crippen molar-refractivity contribution in [2.75, 3.05) is 0 Å². The molecule has 16 heavy (non-hydrogen) atoms. The first-order chi connectivity index (χ1) is 7.70. The number of hydrogen-bond donors (Lipinski definition) is 2. The van der Waals surface area contributed by atoms with E-state index in [1.165, 1.54) is 11.3 Å². The Morgan fingerprint density at radius 2 is 2.12 bits per heavy atom. The molecule has 0 amide bonds. The zero-order valence-corrected chi connectivity index (χ0v) is 11.0. The van der Waals surface area contributed by atoms with Gasteiger partial charge >= 0.3 is 0 Å². The number of hydrogen-bond acceptors (Lipinski definition) is 3. The maximum absolute atomic E-state index is 10.2. The number of halogens is 1. The van der Waals surface area contributed by atoms with Crippen LogP contribution >= 0.6 is 27.3 Å². The van der Waals surface area contributed by atoms with Gasteiger partial charge in [0.1, 0.15) is 6.10 Å². The van der Waals surface area contributed by atoms with Crippen LogP contribution < -0.4 is 5.73 Å². The number of rotatable bonds is 3. The van der Waals surface area contributed by atoms with Gasteiger partial charge in [0.15, 0.2) is 0 Å². The Hall–Kier alpha value is -0.680. The molecule has 2 rings (SSSR count). The minimum atomic E-state index is -0.567. The van der Waals surface area contributed by atoms with E-state index in [2.05, 4.69) is 15.9 Å². The van der Waals surface area contributed by atoms with Crippen LogP contribution in [0.15, 0.2) is 40.2 Å². The standard InChI is InChI=1S/C12H12BrNOS/c13-11-5-4-10(16-11)12(15)9-3-1-2-8(6-9)7-14/h1-6,12,15H,7,14H2. The Morgan fingerprint density at radius 1 is 1.31 bits per heavy atom. The molecular weight excluding hydrogens is 286 g/mol. The largest absolute Gasteiger partial charge is 0.383 e. The quantitative estimate of drug-likeness (QED) is 0.915. The second-order valence-corrected chi connectivity index (χ2v) is 5.99. The normalized spacial score (nSPS) is 12.7. The zero-order chi connectivity index (χ0) is 11.5. The Balaban J connectivity index is 2.29. The zero-order valence-electron chi connectivity index (χ0n) is 8.56. The minimum absolute atomic E-state index is 0.495. The van der Waals surface area contributed by atoms with Crippen LogP contribution in [-0.4, -0.2) is 5.11 Å². The summed E-state index contributed by atoms with van der Waals surface area (Å²) in [6.45, 7) is 0.495. The lowest BCUT2D eigenvalue weighted by atomic mass is 10.1. The summed E-state index contributed by atoms with van der Waals surface area (Å²) in [5.74, 6) is 0. The third-order valence-corrected chi connectivity index (χ3v) is 4.04. The van der Waals surface area contributed by atoms with E-state index in [0.29, 0.717) is 6.54 Å². The van der Waals surface area contributed by atoms with Crippen molar-refractivity contribution in [3.8, 4) is 0 Å². The van der Waals surface area contributed by atoms with Gasteiger partial charge in [0.25, 0.3) is 0 Å². The summed E-state index contributed by atoms with van der Waals surface area (Å²) in [4.78, 5) is 0.932. The lowest BCUT2D eigenvalue weighted by molar-refractivity contribution is 0.224. The third-order valence-electron chi connectivity index (χ3n) is 2.37. The fraction of sp³-hybridized carbons (Fsp3) is 0.167. The molecule has 2 nitrogen and oxygen atoms in total. The molecule has 0 saturated heterocycles. The molecule has 1 heterocycles. The molecule has 1 aromatic carbocycles. The molecule has 2 aromatic rings. The molecule has 0 radical (unpaired) electrons. The van der Waals surface area contributed by atoms with Gasteiger partial charge in [0, 0.05) is 11.4 Å². The molecule has 4 heteroatoms. The highest BCUT2D eigenvalue weighted by molar-refractivity contribution is 9.11. The lowest BCUT2D eigenvalue weighted by Crippen LogP contribution is -2.01. The van der Waals surface area contributed by atoms with Gasteiger partial charge in [-0.25, -0.2) is 0 Å². The van der Waals surface area contributed by atoms with Crippen LogP contribution in [0.2, 0.25) is 0 Å². The van der Waals surface area contributed by atoms with Crippen molar-refractivity contribution >= 4 is 27.3 Å². The highest BCUT2D eigenvalue weighted by atomic mass is 79.9. The number of aliphatic hydroxyl groups is 1. The Morgan fingerprint density at radius 3 is 2.75 bits per heavy atom. The average molecular weight is 298 g/mol. The summed E-state index contributed by atoms with van der Waals surface area (Å²) >= 11 is 4.93. The first-order valence-electron chi connectivity index (χ1n) is 4.93. The van der Waals surface area contributed by atoms with E-state index in [0.717, 1.165) is 19.8 Å². The van der Waals surface area contributed by atoms with E-state index in [1.54, 1.807) is 0 Å². The van der Waals surface area contributed by atoms with Crippen LogP contribution in [-0.2, 0) is 6.54 Å². The van der Waals surface area contributed by atoms with Crippen molar-refractivity contribution in [1.29, 1.82) is 0 Å². The molecular formula is C12H12BrNOS. The summed E-state index contributed by atoms with van der Waals surface area (Å²) < 4.78 is 1.02. The van der Waals surface area contributed by atoms with E-state index in [9.17, 15) is 5.11 Å². The number of thiophene rings is 1. The summed E-state index contributed by atoms with van der Waals surface area (Å²) in [5, 5.41) is 10.2. The van der Waals surface area contributed by atoms with Crippen LogP contribution in [0.5, 0.6) is 0 Å². The fourth-order valence-corrected chi connectivity index (χ4v) is 2.97. The van der Waals surface area contributed by atoms with E-state index in [1.807, 2.05) is 36.4 Å². The number of aliphatic hydroxyl groups excluding tert-OH is 1. The van der Waals surface area contributed by atoms with Gasteiger partial charge in [-0.05, 0) is 39.2 Å². The molecule has 1 unspecified atom stereocenters. The molecule has 0 fully saturated rings. The topological polar surface area (TPSA) is 46.2 Å². The molecule has 1 aromatic heterocycles. The summed E-state index contributed by atoms with van der Waals surface area (Å²) in [5.41, 5.74) is 7.50. The van der Waals surface area contributed by atoms with Gasteiger partial charge in [0.05, 0.1) is 3.79 Å². The molecule has 0 bridgehead atoms. The van der Waals surface area contributed by atoms with E-state index < -0.39 is 6.10 Å². The first kappa shape index (κ1) is 11.8. The van der Waals surface area contributed by atoms with Crippen molar-refractivity contribution in [2.45, 2.75) is 12.6 Å². The molecule has 0 aliphatic heterocycles. The Kier molecular flexibility index (Phi) is 3.76. The van der Waals surface area contributed by atoms with Gasteiger partial charge < -0.3 is 10.8 Å². The monoisotopic (exact) mass is 297 g/mol. The second-order valence-electron chi connectivity index (χ2n) is 3.49. The van der Waals surface area contributed by atoms with Gasteiger partial charge in [-0.3, -0.25) is 0 Å². The van der Waals surface area contributed by atoms with Crippen molar-refractivity contribution < 1.29 is 5.11 Å². The molecule has 84 valence electrons. The number of nitrogens with two attached hydrogens (primary N) is 1. The molecule has 0 spiro atoms. The molecule has 3 N–H and O–H groups in total. The molecule has 0 aliphatic carbocycles. The summed E-state index contributed by atoms with van der Waals surface area (Å²) in [6, 6.07) is 11.6. The van der Waals surface area contributed by atoms with Crippen LogP contribution in [0.3, 0.4) is 0 Å². The Labute approximate surface area is 107 Å². The van der Waals surface area contributed by atoms with Crippen LogP contribution in [0.1, 0.15) is 22.1 Å². The van der Waals surface area contributed by atoms with Crippen LogP contribution in [0.4, 0.5) is 0 Å². The van der Waals surface area contributed by atoms with Crippen molar-refractivity contribution in [3.63, 3.8) is 0 Å². The summed E-state index contributed by atoms with van der Waals surface area (Å²) in [6.07, 6.45) is -0.567. The van der Waals surface area contributed by atoms with Gasteiger partial charge in [0.2, 0.25) is 0 Å². The van der Waals surface area contributed by atoms with Gasteiger partial charge in [-0.15, -0.1) is 11.3 Å². The van der Waals surface area contributed by atoms with Gasteiger partial charge in [-0.2, -0.15) is 0 Å². The first-order valence-corrected chi connectivity index (χ1v) is 6.54. The van der Waals surface area contributed by atoms with E-state index in [4.69, 9.17) is 5.73 Å². The van der Waals surface area contributed by atoms with E-state index >= 15 is 0 Å². The molecule has 0 aliphatic rings. The molecule has 1 atom stereocenters. The maximum atomic E-state index is 10.2. The highest BCUT2D eigenvalue weighted by Gasteiger charge is 2.12. The van der Waals surface area contributed by atoms with Crippen LogP contribution in [0, 0.1) is 0 Å². The predicted octanol–water partition coefficient (Wildman–Crippen LogP) is 3.05. The lowest BCUT2D eigenvalue weighted by Gasteiger charge is -2.09. The predicted molar refractivity (Wildman–Crippen MR) is 70.4 cm³/mol.